The highest BCUT2D eigenvalue weighted by molar-refractivity contribution is 6.33. The summed E-state index contributed by atoms with van der Waals surface area (Å²) in [6.07, 6.45) is -4.57. The first-order valence-corrected chi connectivity index (χ1v) is 6.82. The number of rotatable bonds is 6. The van der Waals surface area contributed by atoms with Crippen molar-refractivity contribution in [3.8, 4) is 0 Å². The summed E-state index contributed by atoms with van der Waals surface area (Å²) in [5.41, 5.74) is 0.825. The second kappa shape index (κ2) is 7.54. The molecule has 1 rings (SSSR count). The van der Waals surface area contributed by atoms with E-state index in [0.29, 0.717) is 22.7 Å². The van der Waals surface area contributed by atoms with Gasteiger partial charge in [-0.25, -0.2) is 4.79 Å². The molecule has 21 heavy (non-hydrogen) atoms. The Morgan fingerprint density at radius 3 is 2.67 bits per heavy atom. The van der Waals surface area contributed by atoms with Crippen LogP contribution in [-0.2, 0) is 4.74 Å². The summed E-state index contributed by atoms with van der Waals surface area (Å²) in [5.74, 6) is -0.501. The van der Waals surface area contributed by atoms with Crippen LogP contribution in [0.4, 0.5) is 18.9 Å². The zero-order chi connectivity index (χ0) is 16.0. The lowest BCUT2D eigenvalue weighted by molar-refractivity contribution is -0.135. The molecule has 118 valence electrons. The van der Waals surface area contributed by atoms with Gasteiger partial charge >= 0.3 is 12.1 Å². The molecule has 1 aromatic carbocycles. The van der Waals surface area contributed by atoms with Crippen LogP contribution in [0.15, 0.2) is 18.2 Å². The number of ether oxygens (including phenoxy) is 1. The van der Waals surface area contributed by atoms with Crippen LogP contribution in [0.3, 0.4) is 0 Å². The van der Waals surface area contributed by atoms with E-state index in [1.807, 2.05) is 0 Å². The van der Waals surface area contributed by atoms with Crippen LogP contribution in [0.1, 0.15) is 36.5 Å². The van der Waals surface area contributed by atoms with E-state index in [2.05, 4.69) is 10.1 Å². The Balaban J connectivity index is 2.63. The van der Waals surface area contributed by atoms with Crippen molar-refractivity contribution in [3.63, 3.8) is 0 Å². The van der Waals surface area contributed by atoms with Gasteiger partial charge in [0.2, 0.25) is 0 Å². The van der Waals surface area contributed by atoms with Gasteiger partial charge < -0.3 is 10.1 Å². The predicted molar refractivity (Wildman–Crippen MR) is 75.8 cm³/mol. The van der Waals surface area contributed by atoms with E-state index in [1.54, 1.807) is 13.0 Å². The Morgan fingerprint density at radius 1 is 1.43 bits per heavy atom. The number of hydrogen-bond acceptors (Lipinski definition) is 3. The number of alkyl halides is 3. The maximum Gasteiger partial charge on any atom is 0.389 e. The Labute approximate surface area is 126 Å². The van der Waals surface area contributed by atoms with Crippen molar-refractivity contribution in [2.24, 2.45) is 0 Å². The Morgan fingerprint density at radius 2 is 2.10 bits per heavy atom. The number of hydrogen-bond donors (Lipinski definition) is 1. The van der Waals surface area contributed by atoms with Gasteiger partial charge in [-0.3, -0.25) is 0 Å². The lowest BCUT2D eigenvalue weighted by Gasteiger charge is -2.17. The molecule has 0 aliphatic carbocycles. The summed E-state index contributed by atoms with van der Waals surface area (Å²) < 4.78 is 40.9. The van der Waals surface area contributed by atoms with E-state index in [1.165, 1.54) is 19.2 Å². The van der Waals surface area contributed by atoms with Gasteiger partial charge in [-0.2, -0.15) is 13.2 Å². The first kappa shape index (κ1) is 17.6. The molecule has 0 bridgehead atoms. The summed E-state index contributed by atoms with van der Waals surface area (Å²) in [5, 5.41) is 3.40. The molecule has 0 aliphatic rings. The minimum Gasteiger partial charge on any atom is -0.465 e. The number of anilines is 1. The molecule has 0 heterocycles. The summed E-state index contributed by atoms with van der Waals surface area (Å²) in [4.78, 5) is 11.4. The second-order valence-corrected chi connectivity index (χ2v) is 5.15. The minimum absolute atomic E-state index is 0.0337. The van der Waals surface area contributed by atoms with Crippen molar-refractivity contribution in [1.82, 2.24) is 0 Å². The Bertz CT molecular complexity index is 492. The summed E-state index contributed by atoms with van der Waals surface area (Å²) >= 11 is 6.00. The first-order valence-electron chi connectivity index (χ1n) is 6.44. The summed E-state index contributed by atoms with van der Waals surface area (Å²) in [7, 11) is 1.27. The van der Waals surface area contributed by atoms with Crippen LogP contribution in [0, 0.1) is 0 Å². The molecule has 0 fully saturated rings. The largest absolute Gasteiger partial charge is 0.465 e. The number of esters is 1. The molecule has 1 aromatic rings. The van der Waals surface area contributed by atoms with Crippen LogP contribution in [0.5, 0.6) is 0 Å². The van der Waals surface area contributed by atoms with Gasteiger partial charge in [0.15, 0.2) is 0 Å². The van der Waals surface area contributed by atoms with Crippen LogP contribution in [-0.4, -0.2) is 25.3 Å². The minimum atomic E-state index is -4.14. The highest BCUT2D eigenvalue weighted by Gasteiger charge is 2.26. The average Bonchev–Trinajstić information content (AvgIpc) is 2.39. The van der Waals surface area contributed by atoms with E-state index in [9.17, 15) is 18.0 Å². The molecule has 1 unspecified atom stereocenters. The van der Waals surface area contributed by atoms with E-state index < -0.39 is 18.6 Å². The van der Waals surface area contributed by atoms with Gasteiger partial charge in [-0.15, -0.1) is 0 Å². The fourth-order valence-corrected chi connectivity index (χ4v) is 2.00. The molecule has 0 saturated heterocycles. The second-order valence-electron chi connectivity index (χ2n) is 4.74. The molecule has 0 spiro atoms. The number of carbonyl (C=O) groups is 1. The van der Waals surface area contributed by atoms with Gasteiger partial charge in [-0.1, -0.05) is 11.6 Å². The van der Waals surface area contributed by atoms with Crippen molar-refractivity contribution >= 4 is 23.3 Å². The van der Waals surface area contributed by atoms with Crippen LogP contribution in [0.25, 0.3) is 0 Å². The molecule has 1 N–H and O–H groups in total. The summed E-state index contributed by atoms with van der Waals surface area (Å²) in [6.45, 7) is 1.76. The molecular weight excluding hydrogens is 307 g/mol. The summed E-state index contributed by atoms with van der Waals surface area (Å²) in [6, 6.07) is 4.39. The topological polar surface area (TPSA) is 38.3 Å². The number of carbonyl (C=O) groups excluding carboxylic acids is 1. The monoisotopic (exact) mass is 323 g/mol. The van der Waals surface area contributed by atoms with E-state index in [0.717, 1.165) is 0 Å². The standard InChI is InChI=1S/C14H17ClF3NO2/c1-9(4-3-7-14(16,17)18)19-12-8-10(13(20)21-2)5-6-11(12)15/h5-6,8-9,19H,3-4,7H2,1-2H3. The number of nitrogens with one attached hydrogen (secondary N) is 1. The lowest BCUT2D eigenvalue weighted by Crippen LogP contribution is -2.17. The normalized spacial score (nSPS) is 12.9. The smallest absolute Gasteiger partial charge is 0.389 e. The van der Waals surface area contributed by atoms with Crippen molar-refractivity contribution < 1.29 is 22.7 Å². The fourth-order valence-electron chi connectivity index (χ4n) is 1.83. The van der Waals surface area contributed by atoms with Crippen LogP contribution >= 0.6 is 11.6 Å². The Hall–Kier alpha value is -1.43. The maximum atomic E-state index is 12.1. The first-order chi connectivity index (χ1) is 9.73. The van der Waals surface area contributed by atoms with Gasteiger partial charge in [0.05, 0.1) is 23.4 Å². The Kier molecular flexibility index (Phi) is 6.33. The highest BCUT2D eigenvalue weighted by Crippen LogP contribution is 2.26. The third-order valence-corrected chi connectivity index (χ3v) is 3.22. The molecule has 0 saturated carbocycles. The quantitative estimate of drug-likeness (QED) is 0.774. The number of benzene rings is 1. The van der Waals surface area contributed by atoms with Crippen molar-refractivity contribution in [3.05, 3.63) is 28.8 Å². The molecule has 0 aromatic heterocycles. The third-order valence-electron chi connectivity index (χ3n) is 2.89. The SMILES string of the molecule is COC(=O)c1ccc(Cl)c(NC(C)CCCC(F)(F)F)c1. The van der Waals surface area contributed by atoms with E-state index in [4.69, 9.17) is 11.6 Å². The van der Waals surface area contributed by atoms with E-state index in [-0.39, 0.29) is 12.5 Å². The molecule has 0 amide bonds. The molecular formula is C14H17ClF3NO2. The number of methoxy groups -OCH3 is 1. The van der Waals surface area contributed by atoms with Crippen molar-refractivity contribution in [1.29, 1.82) is 0 Å². The van der Waals surface area contributed by atoms with Gasteiger partial charge in [0, 0.05) is 12.5 Å². The predicted octanol–water partition coefficient (Wildman–Crippen LogP) is 4.66. The third kappa shape index (κ3) is 6.25. The van der Waals surface area contributed by atoms with E-state index >= 15 is 0 Å². The van der Waals surface area contributed by atoms with Gasteiger partial charge in [-0.05, 0) is 38.0 Å². The molecule has 3 nitrogen and oxygen atoms in total. The highest BCUT2D eigenvalue weighted by atomic mass is 35.5. The molecule has 1 atom stereocenters. The lowest BCUT2D eigenvalue weighted by atomic mass is 10.1. The van der Waals surface area contributed by atoms with Crippen molar-refractivity contribution in [2.45, 2.75) is 38.4 Å². The van der Waals surface area contributed by atoms with Crippen LogP contribution < -0.4 is 5.32 Å². The molecule has 0 radical (unpaired) electrons. The van der Waals surface area contributed by atoms with Crippen molar-refractivity contribution in [2.75, 3.05) is 12.4 Å². The zero-order valence-corrected chi connectivity index (χ0v) is 12.5. The van der Waals surface area contributed by atoms with Gasteiger partial charge in [0.1, 0.15) is 0 Å². The number of halogens is 4. The average molecular weight is 324 g/mol. The molecule has 7 heteroatoms. The maximum absolute atomic E-state index is 12.1. The fraction of sp³-hybridized carbons (Fsp3) is 0.500. The zero-order valence-electron chi connectivity index (χ0n) is 11.8. The molecule has 0 aliphatic heterocycles. The van der Waals surface area contributed by atoms with Gasteiger partial charge in [0.25, 0.3) is 0 Å². The van der Waals surface area contributed by atoms with Crippen LogP contribution in [0.2, 0.25) is 5.02 Å².